The Balaban J connectivity index is 0.00000161. The van der Waals surface area contributed by atoms with E-state index in [0.29, 0.717) is 0 Å². The van der Waals surface area contributed by atoms with Gasteiger partial charge in [0.1, 0.15) is 13.1 Å². The van der Waals surface area contributed by atoms with E-state index in [1.54, 1.807) is 4.90 Å². The van der Waals surface area contributed by atoms with Crippen molar-refractivity contribution in [2.75, 3.05) is 0 Å². The van der Waals surface area contributed by atoms with Crippen molar-refractivity contribution in [3.8, 4) is 0 Å². The molecule has 1 heterocycles. The lowest BCUT2D eigenvalue weighted by Gasteiger charge is -2.40. The van der Waals surface area contributed by atoms with Gasteiger partial charge in [0.2, 0.25) is 0 Å². The second-order valence-corrected chi connectivity index (χ2v) is 6.79. The van der Waals surface area contributed by atoms with Crippen LogP contribution in [-0.4, -0.2) is 5.54 Å². The lowest BCUT2D eigenvalue weighted by molar-refractivity contribution is -0.977. The molecule has 1 N–H and O–H groups in total. The molecule has 0 radical (unpaired) electrons. The van der Waals surface area contributed by atoms with Crippen LogP contribution in [-0.2, 0) is 19.5 Å². The summed E-state index contributed by atoms with van der Waals surface area (Å²) in [5.74, 6) is 0. The summed E-state index contributed by atoms with van der Waals surface area (Å²) in [6.07, 6.45) is 1.13. The molecule has 1 aliphatic rings. The summed E-state index contributed by atoms with van der Waals surface area (Å²) in [6, 6.07) is 17.0. The third-order valence-electron chi connectivity index (χ3n) is 4.47. The molecule has 0 bridgehead atoms. The lowest BCUT2D eigenvalue weighted by Crippen LogP contribution is -3.18. The smallest absolute Gasteiger partial charge is 0.105 e. The molecule has 112 valence electrons. The second kappa shape index (κ2) is 6.39. The normalized spacial score (nSPS) is 19.5. The minimum atomic E-state index is 0. The topological polar surface area (TPSA) is 4.44 Å². The Morgan fingerprint density at radius 2 is 1.62 bits per heavy atom. The van der Waals surface area contributed by atoms with E-state index in [-0.39, 0.29) is 17.9 Å². The molecule has 0 amide bonds. The summed E-state index contributed by atoms with van der Waals surface area (Å²) in [5, 5.41) is 0.884. The Bertz CT molecular complexity index is 622. The van der Waals surface area contributed by atoms with Crippen LogP contribution in [0.2, 0.25) is 5.02 Å². The highest BCUT2D eigenvalue weighted by molar-refractivity contribution is 6.31. The van der Waals surface area contributed by atoms with E-state index in [2.05, 4.69) is 50.2 Å². The quantitative estimate of drug-likeness (QED) is 0.809. The standard InChI is InChI=1S/C18H20ClN.ClH/c1-18(2)11-14-7-3-4-8-15(14)12-20(18)13-16-9-5-6-10-17(16)19;/h3-10H,11-13H2,1-2H3;1H. The molecule has 3 heteroatoms. The van der Waals surface area contributed by atoms with Gasteiger partial charge in [0, 0.05) is 22.6 Å². The van der Waals surface area contributed by atoms with Gasteiger partial charge in [0.05, 0.1) is 5.54 Å². The summed E-state index contributed by atoms with van der Waals surface area (Å²) >= 11 is 6.32. The van der Waals surface area contributed by atoms with E-state index in [4.69, 9.17) is 11.6 Å². The largest absolute Gasteiger partial charge is 1.00 e. The second-order valence-electron chi connectivity index (χ2n) is 6.38. The highest BCUT2D eigenvalue weighted by Gasteiger charge is 2.36. The van der Waals surface area contributed by atoms with Crippen molar-refractivity contribution in [1.82, 2.24) is 0 Å². The first-order chi connectivity index (χ1) is 9.56. The summed E-state index contributed by atoms with van der Waals surface area (Å²) in [4.78, 5) is 1.59. The first-order valence-electron chi connectivity index (χ1n) is 7.22. The molecule has 1 atom stereocenters. The molecule has 0 saturated carbocycles. The van der Waals surface area contributed by atoms with Crippen LogP contribution < -0.4 is 17.3 Å². The minimum absolute atomic E-state index is 0. The van der Waals surface area contributed by atoms with E-state index >= 15 is 0 Å². The summed E-state index contributed by atoms with van der Waals surface area (Å²) in [6.45, 7) is 6.78. The number of fused-ring (bicyclic) bond motifs is 1. The van der Waals surface area contributed by atoms with Crippen molar-refractivity contribution in [1.29, 1.82) is 0 Å². The first-order valence-corrected chi connectivity index (χ1v) is 7.59. The molecule has 0 aliphatic carbocycles. The molecule has 0 saturated heterocycles. The predicted molar refractivity (Wildman–Crippen MR) is 84.0 cm³/mol. The number of halogens is 2. The van der Waals surface area contributed by atoms with E-state index in [1.165, 1.54) is 16.7 Å². The van der Waals surface area contributed by atoms with Gasteiger partial charge in [0.25, 0.3) is 0 Å². The summed E-state index contributed by atoms with van der Waals surface area (Å²) < 4.78 is 0. The van der Waals surface area contributed by atoms with Crippen molar-refractivity contribution >= 4 is 11.6 Å². The fourth-order valence-electron chi connectivity index (χ4n) is 3.15. The van der Waals surface area contributed by atoms with Gasteiger partial charge in [-0.1, -0.05) is 54.1 Å². The number of nitrogens with one attached hydrogen (secondary N) is 1. The average molecular weight is 322 g/mol. The van der Waals surface area contributed by atoms with Crippen molar-refractivity contribution in [2.24, 2.45) is 0 Å². The molecule has 2 aromatic carbocycles. The fraction of sp³-hybridized carbons (Fsp3) is 0.333. The molecule has 0 aromatic heterocycles. The molecule has 1 nitrogen and oxygen atoms in total. The number of rotatable bonds is 2. The Morgan fingerprint density at radius 3 is 2.33 bits per heavy atom. The SMILES string of the molecule is CC1(C)Cc2ccccc2C[NH+]1Cc1ccccc1Cl.[Cl-]. The minimum Gasteiger partial charge on any atom is -1.00 e. The zero-order valence-electron chi connectivity index (χ0n) is 12.5. The van der Waals surface area contributed by atoms with Crippen molar-refractivity contribution < 1.29 is 17.3 Å². The zero-order chi connectivity index (χ0) is 14.2. The molecule has 2 aromatic rings. The van der Waals surface area contributed by atoms with Crippen LogP contribution in [0.1, 0.15) is 30.5 Å². The molecule has 0 spiro atoms. The molecular formula is C18H21Cl2N. The van der Waals surface area contributed by atoms with Gasteiger partial charge in [0.15, 0.2) is 0 Å². The van der Waals surface area contributed by atoms with Crippen molar-refractivity contribution in [2.45, 2.75) is 38.9 Å². The lowest BCUT2D eigenvalue weighted by atomic mass is 9.85. The van der Waals surface area contributed by atoms with Crippen LogP contribution in [0.3, 0.4) is 0 Å². The van der Waals surface area contributed by atoms with Crippen LogP contribution in [0.4, 0.5) is 0 Å². The maximum Gasteiger partial charge on any atom is 0.105 e. The van der Waals surface area contributed by atoms with Crippen LogP contribution in [0.25, 0.3) is 0 Å². The van der Waals surface area contributed by atoms with E-state index in [1.807, 2.05) is 12.1 Å². The van der Waals surface area contributed by atoms with E-state index in [9.17, 15) is 0 Å². The average Bonchev–Trinajstić information content (AvgIpc) is 2.41. The molecule has 21 heavy (non-hydrogen) atoms. The maximum absolute atomic E-state index is 6.32. The van der Waals surface area contributed by atoms with Gasteiger partial charge in [-0.3, -0.25) is 0 Å². The van der Waals surface area contributed by atoms with E-state index in [0.717, 1.165) is 24.5 Å². The van der Waals surface area contributed by atoms with Crippen LogP contribution >= 0.6 is 11.6 Å². The van der Waals surface area contributed by atoms with Gasteiger partial charge in [-0.15, -0.1) is 0 Å². The van der Waals surface area contributed by atoms with Gasteiger partial charge >= 0.3 is 0 Å². The van der Waals surface area contributed by atoms with Gasteiger partial charge in [-0.25, -0.2) is 0 Å². The number of hydrogen-bond donors (Lipinski definition) is 1. The Labute approximate surface area is 138 Å². The number of benzene rings is 2. The molecule has 0 fully saturated rings. The highest BCUT2D eigenvalue weighted by Crippen LogP contribution is 2.21. The summed E-state index contributed by atoms with van der Waals surface area (Å²) in [5.41, 5.74) is 4.47. The number of hydrogen-bond acceptors (Lipinski definition) is 0. The Hall–Kier alpha value is -1.02. The Morgan fingerprint density at radius 1 is 1.00 bits per heavy atom. The van der Waals surface area contributed by atoms with Gasteiger partial charge in [-0.2, -0.15) is 0 Å². The zero-order valence-corrected chi connectivity index (χ0v) is 14.0. The van der Waals surface area contributed by atoms with Crippen LogP contribution in [0.5, 0.6) is 0 Å². The van der Waals surface area contributed by atoms with Crippen LogP contribution in [0, 0.1) is 0 Å². The number of quaternary nitrogens is 1. The third-order valence-corrected chi connectivity index (χ3v) is 4.84. The molecule has 3 rings (SSSR count). The van der Waals surface area contributed by atoms with Crippen molar-refractivity contribution in [3.63, 3.8) is 0 Å². The Kier molecular flexibility index (Phi) is 4.98. The third kappa shape index (κ3) is 3.42. The van der Waals surface area contributed by atoms with Gasteiger partial charge < -0.3 is 17.3 Å². The highest BCUT2D eigenvalue weighted by atomic mass is 35.5. The molecule has 1 unspecified atom stereocenters. The fourth-order valence-corrected chi connectivity index (χ4v) is 3.35. The predicted octanol–water partition coefficient (Wildman–Crippen LogP) is 0.264. The van der Waals surface area contributed by atoms with Crippen molar-refractivity contribution in [3.05, 3.63) is 70.2 Å². The van der Waals surface area contributed by atoms with Gasteiger partial charge in [-0.05, 0) is 25.5 Å². The van der Waals surface area contributed by atoms with E-state index < -0.39 is 0 Å². The van der Waals surface area contributed by atoms with Crippen LogP contribution in [0.15, 0.2) is 48.5 Å². The first kappa shape index (κ1) is 16.4. The molecule has 1 aliphatic heterocycles. The summed E-state index contributed by atoms with van der Waals surface area (Å²) in [7, 11) is 0. The molecular weight excluding hydrogens is 301 g/mol. The maximum atomic E-state index is 6.32. The monoisotopic (exact) mass is 321 g/mol.